The summed E-state index contributed by atoms with van der Waals surface area (Å²) < 4.78 is 2.22. The van der Waals surface area contributed by atoms with Crippen LogP contribution >= 0.6 is 0 Å². The topological polar surface area (TPSA) is 53.1 Å². The molecular formula is C12H17N3O. The molecule has 0 bridgehead atoms. The van der Waals surface area contributed by atoms with Crippen molar-refractivity contribution in [2.24, 2.45) is 5.90 Å². The molecule has 86 valence electrons. The number of aryl methyl sites for hydroxylation is 1. The van der Waals surface area contributed by atoms with Gasteiger partial charge in [0.25, 0.3) is 0 Å². The summed E-state index contributed by atoms with van der Waals surface area (Å²) in [6.07, 6.45) is 0. The maximum atomic E-state index is 5.06. The van der Waals surface area contributed by atoms with Gasteiger partial charge in [0.1, 0.15) is 5.82 Å². The van der Waals surface area contributed by atoms with Crippen LogP contribution in [0.5, 0.6) is 0 Å². The molecule has 2 N–H and O–H groups in total. The summed E-state index contributed by atoms with van der Waals surface area (Å²) >= 11 is 0. The predicted octanol–water partition coefficient (Wildman–Crippen LogP) is 2.32. The lowest BCUT2D eigenvalue weighted by Crippen LogP contribution is -2.02. The Labute approximate surface area is 95.0 Å². The van der Waals surface area contributed by atoms with Crippen LogP contribution in [-0.2, 0) is 11.4 Å². The molecule has 0 amide bonds. The van der Waals surface area contributed by atoms with Gasteiger partial charge in [-0.05, 0) is 38.5 Å². The highest BCUT2D eigenvalue weighted by Gasteiger charge is 2.10. The zero-order valence-corrected chi connectivity index (χ0v) is 9.90. The van der Waals surface area contributed by atoms with Crippen LogP contribution < -0.4 is 5.90 Å². The molecule has 0 atom stereocenters. The van der Waals surface area contributed by atoms with Crippen molar-refractivity contribution in [3.05, 3.63) is 29.6 Å². The second-order valence-corrected chi connectivity index (χ2v) is 4.26. The number of nitrogens with zero attached hydrogens (tertiary/aromatic N) is 2. The van der Waals surface area contributed by atoms with Crippen LogP contribution in [0.15, 0.2) is 18.2 Å². The SMILES string of the molecule is Cc1nc2cc(CON)ccc2n1C(C)C. The quantitative estimate of drug-likeness (QED) is 0.806. The number of hydrogen-bond donors (Lipinski definition) is 1. The van der Waals surface area contributed by atoms with Crippen molar-refractivity contribution >= 4 is 11.0 Å². The summed E-state index contributed by atoms with van der Waals surface area (Å²) in [6.45, 7) is 6.76. The van der Waals surface area contributed by atoms with E-state index in [1.807, 2.05) is 19.1 Å². The van der Waals surface area contributed by atoms with Gasteiger partial charge in [-0.1, -0.05) is 6.07 Å². The molecule has 4 nitrogen and oxygen atoms in total. The van der Waals surface area contributed by atoms with Crippen molar-refractivity contribution in [2.45, 2.75) is 33.4 Å². The Hall–Kier alpha value is -1.39. The Kier molecular flexibility index (Phi) is 2.94. The van der Waals surface area contributed by atoms with Gasteiger partial charge >= 0.3 is 0 Å². The van der Waals surface area contributed by atoms with E-state index in [2.05, 4.69) is 34.3 Å². The van der Waals surface area contributed by atoms with Crippen molar-refractivity contribution in [1.82, 2.24) is 9.55 Å². The Morgan fingerprint density at radius 3 is 2.81 bits per heavy atom. The standard InChI is InChI=1S/C12H17N3O/c1-8(2)15-9(3)14-11-6-10(7-16-13)4-5-12(11)15/h4-6,8H,7,13H2,1-3H3. The van der Waals surface area contributed by atoms with Crippen LogP contribution in [-0.4, -0.2) is 9.55 Å². The first-order valence-electron chi connectivity index (χ1n) is 5.42. The fourth-order valence-electron chi connectivity index (χ4n) is 2.10. The van der Waals surface area contributed by atoms with E-state index < -0.39 is 0 Å². The first-order valence-corrected chi connectivity index (χ1v) is 5.42. The van der Waals surface area contributed by atoms with Crippen LogP contribution in [0.1, 0.15) is 31.3 Å². The molecule has 1 heterocycles. The smallest absolute Gasteiger partial charge is 0.106 e. The predicted molar refractivity (Wildman–Crippen MR) is 63.8 cm³/mol. The van der Waals surface area contributed by atoms with E-state index in [4.69, 9.17) is 5.90 Å². The number of benzene rings is 1. The minimum Gasteiger partial charge on any atom is -0.326 e. The van der Waals surface area contributed by atoms with E-state index in [9.17, 15) is 0 Å². The third-order valence-corrected chi connectivity index (χ3v) is 2.70. The zero-order valence-electron chi connectivity index (χ0n) is 9.90. The van der Waals surface area contributed by atoms with Gasteiger partial charge in [0, 0.05) is 6.04 Å². The minimum absolute atomic E-state index is 0.418. The number of rotatable bonds is 3. The first kappa shape index (κ1) is 11.1. The third kappa shape index (κ3) is 1.81. The van der Waals surface area contributed by atoms with Gasteiger partial charge in [0.15, 0.2) is 0 Å². The summed E-state index contributed by atoms with van der Waals surface area (Å²) in [6, 6.07) is 6.54. The van der Waals surface area contributed by atoms with Crippen LogP contribution in [0.4, 0.5) is 0 Å². The fourth-order valence-corrected chi connectivity index (χ4v) is 2.10. The average molecular weight is 219 g/mol. The Balaban J connectivity index is 2.56. The number of hydrogen-bond acceptors (Lipinski definition) is 3. The molecule has 1 aromatic carbocycles. The molecule has 0 radical (unpaired) electrons. The van der Waals surface area contributed by atoms with Gasteiger partial charge in [-0.2, -0.15) is 0 Å². The molecule has 2 aromatic rings. The highest BCUT2D eigenvalue weighted by molar-refractivity contribution is 5.77. The van der Waals surface area contributed by atoms with Crippen LogP contribution in [0.25, 0.3) is 11.0 Å². The van der Waals surface area contributed by atoms with Gasteiger partial charge in [-0.3, -0.25) is 4.84 Å². The van der Waals surface area contributed by atoms with Crippen molar-refractivity contribution in [3.63, 3.8) is 0 Å². The largest absolute Gasteiger partial charge is 0.326 e. The van der Waals surface area contributed by atoms with Crippen molar-refractivity contribution in [2.75, 3.05) is 0 Å². The van der Waals surface area contributed by atoms with E-state index in [0.29, 0.717) is 12.6 Å². The maximum Gasteiger partial charge on any atom is 0.106 e. The van der Waals surface area contributed by atoms with Gasteiger partial charge in [-0.25, -0.2) is 10.9 Å². The molecule has 16 heavy (non-hydrogen) atoms. The second kappa shape index (κ2) is 4.23. The molecule has 0 saturated heterocycles. The van der Waals surface area contributed by atoms with Crippen molar-refractivity contribution < 1.29 is 4.84 Å². The van der Waals surface area contributed by atoms with Crippen LogP contribution in [0, 0.1) is 6.92 Å². The Bertz CT molecular complexity index is 502. The number of imidazole rings is 1. The summed E-state index contributed by atoms with van der Waals surface area (Å²) in [5, 5.41) is 0. The Morgan fingerprint density at radius 2 is 2.19 bits per heavy atom. The molecule has 2 rings (SSSR count). The van der Waals surface area contributed by atoms with Crippen LogP contribution in [0.2, 0.25) is 0 Å². The molecule has 0 fully saturated rings. The third-order valence-electron chi connectivity index (χ3n) is 2.70. The zero-order chi connectivity index (χ0) is 11.7. The molecule has 1 aromatic heterocycles. The van der Waals surface area contributed by atoms with Crippen LogP contribution in [0.3, 0.4) is 0 Å². The molecule has 0 unspecified atom stereocenters. The molecule has 0 aliphatic heterocycles. The monoisotopic (exact) mass is 219 g/mol. The highest BCUT2D eigenvalue weighted by atomic mass is 16.6. The minimum atomic E-state index is 0.418. The van der Waals surface area contributed by atoms with E-state index in [1.54, 1.807) is 0 Å². The summed E-state index contributed by atoms with van der Waals surface area (Å²) in [4.78, 5) is 9.17. The Morgan fingerprint density at radius 1 is 1.44 bits per heavy atom. The summed E-state index contributed by atoms with van der Waals surface area (Å²) in [5.41, 5.74) is 3.21. The average Bonchev–Trinajstić information content (AvgIpc) is 2.53. The lowest BCUT2D eigenvalue weighted by Gasteiger charge is -2.10. The second-order valence-electron chi connectivity index (χ2n) is 4.26. The first-order chi connectivity index (χ1) is 7.63. The number of fused-ring (bicyclic) bond motifs is 1. The number of aromatic nitrogens is 2. The summed E-state index contributed by atoms with van der Waals surface area (Å²) in [7, 11) is 0. The molecule has 0 aliphatic rings. The van der Waals surface area contributed by atoms with Crippen molar-refractivity contribution in [3.8, 4) is 0 Å². The van der Waals surface area contributed by atoms with Crippen molar-refractivity contribution in [1.29, 1.82) is 0 Å². The van der Waals surface area contributed by atoms with E-state index in [1.165, 1.54) is 0 Å². The van der Waals surface area contributed by atoms with E-state index >= 15 is 0 Å². The van der Waals surface area contributed by atoms with Gasteiger partial charge in [-0.15, -0.1) is 0 Å². The lowest BCUT2D eigenvalue weighted by atomic mass is 10.2. The molecule has 4 heteroatoms. The van der Waals surface area contributed by atoms with Gasteiger partial charge in [0.05, 0.1) is 17.6 Å². The summed E-state index contributed by atoms with van der Waals surface area (Å²) in [5.74, 6) is 6.10. The van der Waals surface area contributed by atoms with Gasteiger partial charge in [0.2, 0.25) is 0 Å². The molecule has 0 saturated carbocycles. The lowest BCUT2D eigenvalue weighted by molar-refractivity contribution is 0.124. The molecule has 0 spiro atoms. The normalized spacial score (nSPS) is 11.6. The maximum absolute atomic E-state index is 5.06. The van der Waals surface area contributed by atoms with Gasteiger partial charge < -0.3 is 4.57 Å². The number of nitrogens with two attached hydrogens (primary N) is 1. The van der Waals surface area contributed by atoms with E-state index in [-0.39, 0.29) is 0 Å². The molecular weight excluding hydrogens is 202 g/mol. The highest BCUT2D eigenvalue weighted by Crippen LogP contribution is 2.21. The molecule has 0 aliphatic carbocycles. The van der Waals surface area contributed by atoms with E-state index in [0.717, 1.165) is 22.4 Å². The fraction of sp³-hybridized carbons (Fsp3) is 0.417.